The van der Waals surface area contributed by atoms with Crippen molar-refractivity contribution in [2.45, 2.75) is 26.9 Å². The van der Waals surface area contributed by atoms with E-state index in [0.29, 0.717) is 11.7 Å². The maximum Gasteiger partial charge on any atom is 0.170 e. The van der Waals surface area contributed by atoms with Crippen LogP contribution in [0.3, 0.4) is 0 Å². The van der Waals surface area contributed by atoms with Crippen molar-refractivity contribution in [1.82, 2.24) is 5.32 Å². The van der Waals surface area contributed by atoms with Gasteiger partial charge in [0, 0.05) is 19.3 Å². The third kappa shape index (κ3) is 4.32. The molecule has 0 bridgehead atoms. The molecule has 94 valence electrons. The normalized spacial score (nSPS) is 12.0. The summed E-state index contributed by atoms with van der Waals surface area (Å²) in [6.07, 6.45) is 0.146. The molecule has 0 radical (unpaired) electrons. The second kappa shape index (κ2) is 6.57. The number of para-hydroxylation sites is 1. The molecule has 0 saturated carbocycles. The van der Waals surface area contributed by atoms with E-state index in [1.54, 1.807) is 7.11 Å². The Hall–Kier alpha value is -1.13. The maximum atomic E-state index is 5.24. The molecule has 0 aliphatic rings. The molecule has 1 rings (SSSR count). The summed E-state index contributed by atoms with van der Waals surface area (Å²) < 4.78 is 5.15. The summed E-state index contributed by atoms with van der Waals surface area (Å²) in [4.78, 5) is 0. The zero-order chi connectivity index (χ0) is 12.8. The van der Waals surface area contributed by atoms with Crippen LogP contribution in [0.2, 0.25) is 0 Å². The van der Waals surface area contributed by atoms with E-state index in [2.05, 4.69) is 36.6 Å². The Morgan fingerprint density at radius 3 is 2.47 bits per heavy atom. The first kappa shape index (κ1) is 13.9. The average Bonchev–Trinajstić information content (AvgIpc) is 2.31. The number of ether oxygens (including phenoxy) is 1. The number of benzene rings is 1. The van der Waals surface area contributed by atoms with Crippen molar-refractivity contribution in [1.29, 1.82) is 0 Å². The predicted octanol–water partition coefficient (Wildman–Crippen LogP) is 2.62. The number of rotatable bonds is 4. The standard InChI is InChI=1S/C13H20N2OS/c1-9-6-5-7-10(2)12(9)15-13(17)14-8-11(3)16-4/h5-7,11H,8H2,1-4H3,(H2,14,15,17). The molecule has 0 saturated heterocycles. The molecule has 1 aromatic carbocycles. The number of aryl methyl sites for hydroxylation is 2. The van der Waals surface area contributed by atoms with E-state index < -0.39 is 0 Å². The quantitative estimate of drug-likeness (QED) is 0.807. The van der Waals surface area contributed by atoms with Crippen LogP contribution in [0.15, 0.2) is 18.2 Å². The topological polar surface area (TPSA) is 33.3 Å². The fraction of sp³-hybridized carbons (Fsp3) is 0.462. The van der Waals surface area contributed by atoms with Gasteiger partial charge in [-0.15, -0.1) is 0 Å². The van der Waals surface area contributed by atoms with Crippen LogP contribution in [0.4, 0.5) is 5.69 Å². The van der Waals surface area contributed by atoms with Gasteiger partial charge in [-0.3, -0.25) is 0 Å². The van der Waals surface area contributed by atoms with E-state index in [0.717, 1.165) is 5.69 Å². The largest absolute Gasteiger partial charge is 0.380 e. The first-order valence-electron chi connectivity index (χ1n) is 5.68. The molecule has 3 nitrogen and oxygen atoms in total. The lowest BCUT2D eigenvalue weighted by molar-refractivity contribution is 0.121. The van der Waals surface area contributed by atoms with Gasteiger partial charge in [0.2, 0.25) is 0 Å². The zero-order valence-electron chi connectivity index (χ0n) is 10.8. The summed E-state index contributed by atoms with van der Waals surface area (Å²) >= 11 is 5.24. The Labute approximate surface area is 109 Å². The molecule has 1 atom stereocenters. The molecule has 0 amide bonds. The first-order chi connectivity index (χ1) is 8.04. The molecule has 2 N–H and O–H groups in total. The number of anilines is 1. The lowest BCUT2D eigenvalue weighted by Gasteiger charge is -2.16. The van der Waals surface area contributed by atoms with E-state index in [9.17, 15) is 0 Å². The number of hydrogen-bond acceptors (Lipinski definition) is 2. The molecule has 0 aromatic heterocycles. The van der Waals surface area contributed by atoms with Crippen LogP contribution in [0.1, 0.15) is 18.1 Å². The van der Waals surface area contributed by atoms with E-state index in [1.807, 2.05) is 13.0 Å². The van der Waals surface area contributed by atoms with Gasteiger partial charge in [-0.05, 0) is 44.1 Å². The molecule has 1 aromatic rings. The fourth-order valence-electron chi connectivity index (χ4n) is 1.49. The van der Waals surface area contributed by atoms with Crippen molar-refractivity contribution < 1.29 is 4.74 Å². The van der Waals surface area contributed by atoms with E-state index in [1.165, 1.54) is 11.1 Å². The Morgan fingerprint density at radius 1 is 1.35 bits per heavy atom. The molecule has 1 unspecified atom stereocenters. The SMILES string of the molecule is COC(C)CNC(=S)Nc1c(C)cccc1C. The minimum Gasteiger partial charge on any atom is -0.380 e. The summed E-state index contributed by atoms with van der Waals surface area (Å²) in [5, 5.41) is 6.99. The monoisotopic (exact) mass is 252 g/mol. The zero-order valence-corrected chi connectivity index (χ0v) is 11.6. The highest BCUT2D eigenvalue weighted by Gasteiger charge is 2.05. The molecule has 0 aliphatic carbocycles. The van der Waals surface area contributed by atoms with Crippen LogP contribution >= 0.6 is 12.2 Å². The minimum absolute atomic E-state index is 0.146. The average molecular weight is 252 g/mol. The second-order valence-electron chi connectivity index (χ2n) is 4.15. The van der Waals surface area contributed by atoms with Crippen molar-refractivity contribution >= 4 is 23.0 Å². The summed E-state index contributed by atoms with van der Waals surface area (Å²) in [6, 6.07) is 6.17. The fourth-order valence-corrected chi connectivity index (χ4v) is 1.67. The smallest absolute Gasteiger partial charge is 0.170 e. The Morgan fingerprint density at radius 2 is 1.94 bits per heavy atom. The van der Waals surface area contributed by atoms with Crippen LogP contribution < -0.4 is 10.6 Å². The molecule has 17 heavy (non-hydrogen) atoms. The van der Waals surface area contributed by atoms with Gasteiger partial charge in [0.1, 0.15) is 0 Å². The second-order valence-corrected chi connectivity index (χ2v) is 4.56. The molecule has 0 fully saturated rings. The van der Waals surface area contributed by atoms with Gasteiger partial charge in [0.05, 0.1) is 6.10 Å². The lowest BCUT2D eigenvalue weighted by atomic mass is 10.1. The van der Waals surface area contributed by atoms with Crippen molar-refractivity contribution in [3.8, 4) is 0 Å². The summed E-state index contributed by atoms with van der Waals surface area (Å²) in [5.74, 6) is 0. The van der Waals surface area contributed by atoms with Crippen LogP contribution in [-0.4, -0.2) is 24.9 Å². The molecule has 4 heteroatoms. The van der Waals surface area contributed by atoms with Gasteiger partial charge in [-0.1, -0.05) is 18.2 Å². The van der Waals surface area contributed by atoms with E-state index >= 15 is 0 Å². The summed E-state index contributed by atoms with van der Waals surface area (Å²) in [7, 11) is 1.69. The van der Waals surface area contributed by atoms with Crippen LogP contribution in [0, 0.1) is 13.8 Å². The van der Waals surface area contributed by atoms with Crippen molar-refractivity contribution in [2.24, 2.45) is 0 Å². The predicted molar refractivity (Wildman–Crippen MR) is 76.6 cm³/mol. The van der Waals surface area contributed by atoms with E-state index in [4.69, 9.17) is 17.0 Å². The van der Waals surface area contributed by atoms with Crippen LogP contribution in [-0.2, 0) is 4.74 Å². The number of thiocarbonyl (C=S) groups is 1. The minimum atomic E-state index is 0.146. The van der Waals surface area contributed by atoms with Crippen LogP contribution in [0.25, 0.3) is 0 Å². The van der Waals surface area contributed by atoms with Gasteiger partial charge < -0.3 is 15.4 Å². The maximum absolute atomic E-state index is 5.24. The third-order valence-electron chi connectivity index (χ3n) is 2.67. The number of nitrogens with one attached hydrogen (secondary N) is 2. The molecular weight excluding hydrogens is 232 g/mol. The molecule has 0 heterocycles. The highest BCUT2D eigenvalue weighted by atomic mass is 32.1. The number of hydrogen-bond donors (Lipinski definition) is 2. The Bertz CT molecular complexity index is 373. The van der Waals surface area contributed by atoms with E-state index in [-0.39, 0.29) is 6.10 Å². The highest BCUT2D eigenvalue weighted by molar-refractivity contribution is 7.80. The molecule has 0 aliphatic heterocycles. The first-order valence-corrected chi connectivity index (χ1v) is 6.09. The highest BCUT2D eigenvalue weighted by Crippen LogP contribution is 2.18. The van der Waals surface area contributed by atoms with Crippen molar-refractivity contribution in [3.05, 3.63) is 29.3 Å². The van der Waals surface area contributed by atoms with Gasteiger partial charge in [-0.2, -0.15) is 0 Å². The Balaban J connectivity index is 2.56. The van der Waals surface area contributed by atoms with Crippen molar-refractivity contribution in [3.63, 3.8) is 0 Å². The lowest BCUT2D eigenvalue weighted by Crippen LogP contribution is -2.35. The third-order valence-corrected chi connectivity index (χ3v) is 2.92. The van der Waals surface area contributed by atoms with Crippen LogP contribution in [0.5, 0.6) is 0 Å². The van der Waals surface area contributed by atoms with Gasteiger partial charge in [0.25, 0.3) is 0 Å². The molecule has 0 spiro atoms. The van der Waals surface area contributed by atoms with Crippen molar-refractivity contribution in [2.75, 3.05) is 19.0 Å². The number of methoxy groups -OCH3 is 1. The van der Waals surface area contributed by atoms with Gasteiger partial charge in [0.15, 0.2) is 5.11 Å². The Kier molecular flexibility index (Phi) is 5.38. The van der Waals surface area contributed by atoms with Gasteiger partial charge >= 0.3 is 0 Å². The summed E-state index contributed by atoms with van der Waals surface area (Å²) in [6.45, 7) is 6.83. The molecular formula is C13H20N2OS. The summed E-state index contributed by atoms with van der Waals surface area (Å²) in [5.41, 5.74) is 3.46. The van der Waals surface area contributed by atoms with Gasteiger partial charge in [-0.25, -0.2) is 0 Å².